The van der Waals surface area contributed by atoms with Crippen molar-refractivity contribution in [2.75, 3.05) is 7.11 Å². The molecule has 3 heteroatoms. The van der Waals surface area contributed by atoms with Crippen molar-refractivity contribution in [3.8, 4) is 5.75 Å². The third-order valence-electron chi connectivity index (χ3n) is 4.60. The molecule has 0 fully saturated rings. The number of pyridine rings is 2. The average Bonchev–Trinajstić information content (AvgIpc) is 2.76. The van der Waals surface area contributed by atoms with Crippen LogP contribution in [0.5, 0.6) is 5.75 Å². The van der Waals surface area contributed by atoms with Gasteiger partial charge in [-0.3, -0.25) is 9.97 Å². The van der Waals surface area contributed by atoms with E-state index in [2.05, 4.69) is 49.8 Å². The summed E-state index contributed by atoms with van der Waals surface area (Å²) >= 11 is 0. The lowest BCUT2D eigenvalue weighted by atomic mass is 9.99. The van der Waals surface area contributed by atoms with Gasteiger partial charge >= 0.3 is 0 Å². The molecule has 0 aliphatic carbocycles. The first-order valence-electron chi connectivity index (χ1n) is 10.9. The lowest BCUT2D eigenvalue weighted by molar-refractivity contribution is 0.408. The summed E-state index contributed by atoms with van der Waals surface area (Å²) < 4.78 is 5.40. The maximum absolute atomic E-state index is 5.40. The van der Waals surface area contributed by atoms with Gasteiger partial charge in [-0.2, -0.15) is 0 Å². The summed E-state index contributed by atoms with van der Waals surface area (Å²) in [7, 11) is 1.75. The highest BCUT2D eigenvalue weighted by Gasteiger charge is 2.05. The van der Waals surface area contributed by atoms with Crippen molar-refractivity contribution in [1.29, 1.82) is 0 Å². The quantitative estimate of drug-likeness (QED) is 0.388. The number of aromatic nitrogens is 2. The van der Waals surface area contributed by atoms with Gasteiger partial charge < -0.3 is 4.74 Å². The fraction of sp³-hybridized carbons (Fsp3) is 0.407. The molecule has 0 unspecified atom stereocenters. The van der Waals surface area contributed by atoms with Gasteiger partial charge in [0.1, 0.15) is 5.75 Å². The highest BCUT2D eigenvalue weighted by atomic mass is 16.5. The van der Waals surface area contributed by atoms with Gasteiger partial charge in [-0.25, -0.2) is 0 Å². The third kappa shape index (κ3) is 12.0. The second-order valence-corrected chi connectivity index (χ2v) is 7.81. The summed E-state index contributed by atoms with van der Waals surface area (Å²) in [5, 5.41) is 0. The van der Waals surface area contributed by atoms with Gasteiger partial charge in [0.2, 0.25) is 0 Å². The van der Waals surface area contributed by atoms with Crippen molar-refractivity contribution in [3.63, 3.8) is 0 Å². The summed E-state index contributed by atoms with van der Waals surface area (Å²) in [6.45, 7) is 8.87. The smallest absolute Gasteiger partial charge is 0.124 e. The predicted molar refractivity (Wildman–Crippen MR) is 128 cm³/mol. The SMILES string of the molecule is COc1c(C)cc(CCCCCC(C)C)cc1C.c1ccncc1.c1ccncc1. The summed E-state index contributed by atoms with van der Waals surface area (Å²) in [5.41, 5.74) is 3.97. The summed E-state index contributed by atoms with van der Waals surface area (Å²) in [6.07, 6.45) is 13.6. The van der Waals surface area contributed by atoms with Crippen molar-refractivity contribution in [3.05, 3.63) is 90.0 Å². The first kappa shape index (κ1) is 25.4. The Balaban J connectivity index is 0.000000300. The van der Waals surface area contributed by atoms with Crippen LogP contribution in [0, 0.1) is 19.8 Å². The van der Waals surface area contributed by atoms with Gasteiger partial charge in [0.05, 0.1) is 7.11 Å². The molecule has 0 aliphatic rings. The maximum Gasteiger partial charge on any atom is 0.124 e. The van der Waals surface area contributed by atoms with Gasteiger partial charge in [-0.15, -0.1) is 0 Å². The number of benzene rings is 1. The fourth-order valence-corrected chi connectivity index (χ4v) is 3.19. The van der Waals surface area contributed by atoms with E-state index in [1.54, 1.807) is 31.9 Å². The van der Waals surface area contributed by atoms with Crippen LogP contribution in [-0.4, -0.2) is 17.1 Å². The molecule has 0 amide bonds. The fourth-order valence-electron chi connectivity index (χ4n) is 3.19. The van der Waals surface area contributed by atoms with Gasteiger partial charge in [0.25, 0.3) is 0 Å². The number of ether oxygens (including phenoxy) is 1. The Morgan fingerprint density at radius 2 is 1.23 bits per heavy atom. The Labute approximate surface area is 183 Å². The molecule has 3 rings (SSSR count). The first-order valence-corrected chi connectivity index (χ1v) is 10.9. The molecule has 30 heavy (non-hydrogen) atoms. The molecule has 0 N–H and O–H groups in total. The van der Waals surface area contributed by atoms with E-state index < -0.39 is 0 Å². The van der Waals surface area contributed by atoms with E-state index in [9.17, 15) is 0 Å². The van der Waals surface area contributed by atoms with E-state index in [1.165, 1.54) is 48.8 Å². The normalized spacial score (nSPS) is 9.80. The average molecular weight is 407 g/mol. The molecule has 1 aromatic carbocycles. The Morgan fingerprint density at radius 3 is 1.57 bits per heavy atom. The van der Waals surface area contributed by atoms with Crippen molar-refractivity contribution in [2.24, 2.45) is 5.92 Å². The molecule has 2 heterocycles. The summed E-state index contributed by atoms with van der Waals surface area (Å²) in [5.74, 6) is 1.88. The van der Waals surface area contributed by atoms with E-state index in [4.69, 9.17) is 4.74 Å². The Kier molecular flexibility index (Phi) is 13.7. The van der Waals surface area contributed by atoms with Crippen LogP contribution in [-0.2, 0) is 6.42 Å². The zero-order valence-electron chi connectivity index (χ0n) is 19.3. The molecular formula is C27H38N2O. The van der Waals surface area contributed by atoms with Crippen LogP contribution < -0.4 is 4.74 Å². The number of hydrogen-bond donors (Lipinski definition) is 0. The molecule has 3 aromatic rings. The van der Waals surface area contributed by atoms with E-state index >= 15 is 0 Å². The van der Waals surface area contributed by atoms with Crippen LogP contribution in [0.15, 0.2) is 73.3 Å². The van der Waals surface area contributed by atoms with Gasteiger partial charge in [0, 0.05) is 24.8 Å². The molecule has 0 bridgehead atoms. The minimum atomic E-state index is 0.843. The molecule has 162 valence electrons. The topological polar surface area (TPSA) is 35.0 Å². The molecule has 0 spiro atoms. The van der Waals surface area contributed by atoms with Crippen molar-refractivity contribution in [1.82, 2.24) is 9.97 Å². The van der Waals surface area contributed by atoms with E-state index in [0.29, 0.717) is 0 Å². The largest absolute Gasteiger partial charge is 0.496 e. The van der Waals surface area contributed by atoms with Crippen molar-refractivity contribution in [2.45, 2.75) is 59.8 Å². The molecule has 3 nitrogen and oxygen atoms in total. The molecule has 0 aliphatic heterocycles. The second-order valence-electron chi connectivity index (χ2n) is 7.81. The van der Waals surface area contributed by atoms with Crippen LogP contribution in [0.2, 0.25) is 0 Å². The van der Waals surface area contributed by atoms with E-state index in [1.807, 2.05) is 36.4 Å². The van der Waals surface area contributed by atoms with Crippen molar-refractivity contribution >= 4 is 0 Å². The zero-order chi connectivity index (χ0) is 22.0. The number of unbranched alkanes of at least 4 members (excludes halogenated alkanes) is 2. The first-order chi connectivity index (χ1) is 14.5. The Morgan fingerprint density at radius 1 is 0.733 bits per heavy atom. The number of nitrogens with zero attached hydrogens (tertiary/aromatic N) is 2. The second kappa shape index (κ2) is 16.2. The molecule has 2 aromatic heterocycles. The van der Waals surface area contributed by atoms with Crippen LogP contribution in [0.1, 0.15) is 56.2 Å². The Hall–Kier alpha value is -2.68. The van der Waals surface area contributed by atoms with Crippen LogP contribution >= 0.6 is 0 Å². The lowest BCUT2D eigenvalue weighted by Crippen LogP contribution is -1.95. The van der Waals surface area contributed by atoms with Crippen molar-refractivity contribution < 1.29 is 4.74 Å². The number of methoxy groups -OCH3 is 1. The molecule has 0 saturated heterocycles. The highest BCUT2D eigenvalue weighted by molar-refractivity contribution is 5.43. The number of rotatable bonds is 7. The molecular weight excluding hydrogens is 368 g/mol. The lowest BCUT2D eigenvalue weighted by Gasteiger charge is -2.11. The van der Waals surface area contributed by atoms with Crippen LogP contribution in [0.4, 0.5) is 0 Å². The standard InChI is InChI=1S/C17H28O.2C5H5N/c1-13(2)9-7-6-8-10-16-11-14(3)17(18-5)15(4)12-16;2*1-2-4-6-5-3-1/h11-13H,6-10H2,1-5H3;2*1-5H. The van der Waals surface area contributed by atoms with E-state index in [-0.39, 0.29) is 0 Å². The predicted octanol–water partition coefficient (Wildman–Crippen LogP) is 7.23. The maximum atomic E-state index is 5.40. The van der Waals surface area contributed by atoms with Crippen LogP contribution in [0.25, 0.3) is 0 Å². The van der Waals surface area contributed by atoms with Gasteiger partial charge in [-0.05, 0) is 73.6 Å². The minimum absolute atomic E-state index is 0.843. The third-order valence-corrected chi connectivity index (χ3v) is 4.60. The minimum Gasteiger partial charge on any atom is -0.496 e. The highest BCUT2D eigenvalue weighted by Crippen LogP contribution is 2.25. The number of hydrogen-bond acceptors (Lipinski definition) is 3. The molecule has 0 saturated carbocycles. The zero-order valence-corrected chi connectivity index (χ0v) is 19.3. The molecule has 0 radical (unpaired) electrons. The molecule has 0 atom stereocenters. The monoisotopic (exact) mass is 406 g/mol. The summed E-state index contributed by atoms with van der Waals surface area (Å²) in [4.78, 5) is 7.57. The van der Waals surface area contributed by atoms with Crippen LogP contribution in [0.3, 0.4) is 0 Å². The van der Waals surface area contributed by atoms with E-state index in [0.717, 1.165) is 11.7 Å². The summed E-state index contributed by atoms with van der Waals surface area (Å²) in [6, 6.07) is 16.0. The number of aryl methyl sites for hydroxylation is 3. The van der Waals surface area contributed by atoms with Gasteiger partial charge in [0.15, 0.2) is 0 Å². The Bertz CT molecular complexity index is 665. The van der Waals surface area contributed by atoms with Gasteiger partial charge in [-0.1, -0.05) is 57.4 Å².